The molecule has 0 spiro atoms. The van der Waals surface area contributed by atoms with E-state index in [1.54, 1.807) is 6.07 Å². The molecule has 23 heavy (non-hydrogen) atoms. The minimum Gasteiger partial charge on any atom is -0.396 e. The molecule has 1 aromatic heterocycles. The Morgan fingerprint density at radius 1 is 1.39 bits per heavy atom. The van der Waals surface area contributed by atoms with Crippen molar-refractivity contribution in [2.75, 3.05) is 26.2 Å². The van der Waals surface area contributed by atoms with E-state index >= 15 is 0 Å². The number of rotatable bonds is 7. The summed E-state index contributed by atoms with van der Waals surface area (Å²) in [5.41, 5.74) is 1.96. The van der Waals surface area contributed by atoms with Gasteiger partial charge in [0.05, 0.1) is 0 Å². The van der Waals surface area contributed by atoms with Crippen molar-refractivity contribution in [1.82, 2.24) is 15.6 Å². The average Bonchev–Trinajstić information content (AvgIpc) is 2.94. The molecule has 0 amide bonds. The number of aromatic nitrogens is 1. The van der Waals surface area contributed by atoms with Crippen LogP contribution in [0.3, 0.4) is 0 Å². The van der Waals surface area contributed by atoms with Gasteiger partial charge in [0.2, 0.25) is 0 Å². The van der Waals surface area contributed by atoms with Crippen molar-refractivity contribution >= 4 is 16.9 Å². The van der Waals surface area contributed by atoms with Crippen LogP contribution in [0.5, 0.6) is 0 Å². The summed E-state index contributed by atoms with van der Waals surface area (Å²) >= 11 is 0. The van der Waals surface area contributed by atoms with Crippen molar-refractivity contribution in [3.05, 3.63) is 35.8 Å². The van der Waals surface area contributed by atoms with Gasteiger partial charge in [-0.05, 0) is 43.0 Å². The Morgan fingerprint density at radius 2 is 2.22 bits per heavy atom. The van der Waals surface area contributed by atoms with E-state index in [1.165, 1.54) is 12.1 Å². The summed E-state index contributed by atoms with van der Waals surface area (Å²) in [6.07, 6.45) is 2.73. The third-order valence-electron chi connectivity index (χ3n) is 3.63. The summed E-state index contributed by atoms with van der Waals surface area (Å²) < 4.78 is 13.2. The molecule has 0 aliphatic carbocycles. The Kier molecular flexibility index (Phi) is 6.40. The molecule has 126 valence electrons. The first-order valence-corrected chi connectivity index (χ1v) is 8.02. The molecule has 0 saturated carbocycles. The molecule has 4 N–H and O–H groups in total. The number of nitrogens with zero attached hydrogens (tertiary/aromatic N) is 1. The second-order valence-electron chi connectivity index (χ2n) is 5.69. The highest BCUT2D eigenvalue weighted by Gasteiger charge is 2.05. The van der Waals surface area contributed by atoms with Crippen LogP contribution in [-0.4, -0.2) is 42.3 Å². The molecule has 1 aromatic carbocycles. The number of halogens is 1. The van der Waals surface area contributed by atoms with Crippen LogP contribution in [0.2, 0.25) is 0 Å². The lowest BCUT2D eigenvalue weighted by Gasteiger charge is -2.12. The maximum absolute atomic E-state index is 13.2. The number of aliphatic hydroxyl groups is 1. The quantitative estimate of drug-likeness (QED) is 0.466. The van der Waals surface area contributed by atoms with E-state index in [-0.39, 0.29) is 18.3 Å². The molecule has 2 rings (SSSR count). The number of aromatic amines is 1. The molecular formula is C17H25FN4O. The van der Waals surface area contributed by atoms with E-state index in [4.69, 9.17) is 5.11 Å². The Hall–Kier alpha value is -2.08. The Balaban J connectivity index is 1.93. The zero-order valence-electron chi connectivity index (χ0n) is 13.7. The molecule has 0 aliphatic rings. The number of hydrogen-bond donors (Lipinski definition) is 4. The Bertz CT molecular complexity index is 653. The van der Waals surface area contributed by atoms with E-state index in [1.807, 2.05) is 20.0 Å². The topological polar surface area (TPSA) is 72.4 Å². The predicted molar refractivity (Wildman–Crippen MR) is 92.2 cm³/mol. The molecule has 0 radical (unpaired) electrons. The molecule has 1 heterocycles. The molecular weight excluding hydrogens is 295 g/mol. The second-order valence-corrected chi connectivity index (χ2v) is 5.69. The molecule has 1 unspecified atom stereocenters. The standard InChI is InChI=1S/C17H25FN4O/c1-3-19-17(22-9-12(2)11-23)20-7-6-13-10-21-16-8-14(18)4-5-15(13)16/h4-5,8,10,12,21,23H,3,6-7,9,11H2,1-2H3,(H2,19,20,22). The monoisotopic (exact) mass is 320 g/mol. The van der Waals surface area contributed by atoms with Crippen molar-refractivity contribution in [2.24, 2.45) is 10.9 Å². The number of benzene rings is 1. The minimum atomic E-state index is -0.233. The van der Waals surface area contributed by atoms with Gasteiger partial charge in [-0.2, -0.15) is 0 Å². The number of fused-ring (bicyclic) bond motifs is 1. The fourth-order valence-corrected chi connectivity index (χ4v) is 2.33. The highest BCUT2D eigenvalue weighted by molar-refractivity contribution is 5.83. The fourth-order valence-electron chi connectivity index (χ4n) is 2.33. The SMILES string of the molecule is CCNC(=NCC(C)CO)NCCc1c[nH]c2cc(F)ccc12. The van der Waals surface area contributed by atoms with Gasteiger partial charge >= 0.3 is 0 Å². The van der Waals surface area contributed by atoms with Crippen LogP contribution >= 0.6 is 0 Å². The second kappa shape index (κ2) is 8.53. The maximum Gasteiger partial charge on any atom is 0.191 e. The summed E-state index contributed by atoms with van der Waals surface area (Å²) in [5.74, 6) is 0.663. The van der Waals surface area contributed by atoms with Crippen LogP contribution in [0.15, 0.2) is 29.4 Å². The maximum atomic E-state index is 13.2. The van der Waals surface area contributed by atoms with Gasteiger partial charge in [-0.15, -0.1) is 0 Å². The van der Waals surface area contributed by atoms with Gasteiger partial charge in [-0.1, -0.05) is 6.92 Å². The zero-order chi connectivity index (χ0) is 16.7. The lowest BCUT2D eigenvalue weighted by Crippen LogP contribution is -2.38. The van der Waals surface area contributed by atoms with E-state index in [2.05, 4.69) is 20.6 Å². The van der Waals surface area contributed by atoms with Gasteiger partial charge in [0.1, 0.15) is 5.82 Å². The van der Waals surface area contributed by atoms with Gasteiger partial charge in [0.15, 0.2) is 5.96 Å². The van der Waals surface area contributed by atoms with E-state index in [9.17, 15) is 4.39 Å². The van der Waals surface area contributed by atoms with Crippen LogP contribution in [0, 0.1) is 11.7 Å². The Morgan fingerprint density at radius 3 is 2.96 bits per heavy atom. The number of nitrogens with one attached hydrogen (secondary N) is 3. The van der Waals surface area contributed by atoms with Gasteiger partial charge in [-0.3, -0.25) is 4.99 Å². The molecule has 2 aromatic rings. The van der Waals surface area contributed by atoms with Crippen molar-refractivity contribution in [3.8, 4) is 0 Å². The third-order valence-corrected chi connectivity index (χ3v) is 3.63. The number of H-pyrrole nitrogens is 1. The largest absolute Gasteiger partial charge is 0.396 e. The molecule has 0 saturated heterocycles. The van der Waals surface area contributed by atoms with E-state index in [0.717, 1.165) is 41.9 Å². The molecule has 0 bridgehead atoms. The van der Waals surface area contributed by atoms with Gasteiger partial charge in [0, 0.05) is 43.3 Å². The first-order chi connectivity index (χ1) is 11.1. The number of aliphatic imine (C=N–C) groups is 1. The van der Waals surface area contributed by atoms with Gasteiger partial charge < -0.3 is 20.7 Å². The summed E-state index contributed by atoms with van der Waals surface area (Å²) in [4.78, 5) is 7.55. The van der Waals surface area contributed by atoms with E-state index < -0.39 is 0 Å². The smallest absolute Gasteiger partial charge is 0.191 e. The molecule has 1 atom stereocenters. The number of hydrogen-bond acceptors (Lipinski definition) is 2. The molecule has 5 nitrogen and oxygen atoms in total. The summed E-state index contributed by atoms with van der Waals surface area (Å²) in [5, 5.41) is 16.6. The predicted octanol–water partition coefficient (Wildman–Crippen LogP) is 2.03. The van der Waals surface area contributed by atoms with E-state index in [0.29, 0.717) is 6.54 Å². The summed E-state index contributed by atoms with van der Waals surface area (Å²) in [7, 11) is 0. The normalized spacial score (nSPS) is 13.3. The van der Waals surface area contributed by atoms with Crippen molar-refractivity contribution in [3.63, 3.8) is 0 Å². The lowest BCUT2D eigenvalue weighted by molar-refractivity contribution is 0.241. The highest BCUT2D eigenvalue weighted by atomic mass is 19.1. The zero-order valence-corrected chi connectivity index (χ0v) is 13.7. The fraction of sp³-hybridized carbons (Fsp3) is 0.471. The van der Waals surface area contributed by atoms with Crippen LogP contribution in [0.25, 0.3) is 10.9 Å². The van der Waals surface area contributed by atoms with Gasteiger partial charge in [-0.25, -0.2) is 4.39 Å². The summed E-state index contributed by atoms with van der Waals surface area (Å²) in [6, 6.07) is 4.79. The van der Waals surface area contributed by atoms with Gasteiger partial charge in [0.25, 0.3) is 0 Å². The number of aliphatic hydroxyl groups excluding tert-OH is 1. The minimum absolute atomic E-state index is 0.134. The Labute approximate surface area is 136 Å². The average molecular weight is 320 g/mol. The van der Waals surface area contributed by atoms with Crippen LogP contribution in [0.1, 0.15) is 19.4 Å². The molecule has 0 fully saturated rings. The number of guanidine groups is 1. The third kappa shape index (κ3) is 4.96. The van der Waals surface area contributed by atoms with Crippen LogP contribution in [-0.2, 0) is 6.42 Å². The first kappa shape index (κ1) is 17.3. The van der Waals surface area contributed by atoms with Crippen molar-refractivity contribution in [2.45, 2.75) is 20.3 Å². The lowest BCUT2D eigenvalue weighted by atomic mass is 10.1. The first-order valence-electron chi connectivity index (χ1n) is 8.02. The highest BCUT2D eigenvalue weighted by Crippen LogP contribution is 2.19. The van der Waals surface area contributed by atoms with Crippen LogP contribution in [0.4, 0.5) is 4.39 Å². The van der Waals surface area contributed by atoms with Crippen molar-refractivity contribution in [1.29, 1.82) is 0 Å². The van der Waals surface area contributed by atoms with Crippen LogP contribution < -0.4 is 10.6 Å². The summed E-state index contributed by atoms with van der Waals surface area (Å²) in [6.45, 7) is 6.20. The molecule has 6 heteroatoms. The van der Waals surface area contributed by atoms with Crippen molar-refractivity contribution < 1.29 is 9.50 Å². The molecule has 0 aliphatic heterocycles.